The van der Waals surface area contributed by atoms with Crippen molar-refractivity contribution in [1.29, 1.82) is 0 Å². The predicted octanol–water partition coefficient (Wildman–Crippen LogP) is 4.42. The molecule has 22 heavy (non-hydrogen) atoms. The van der Waals surface area contributed by atoms with Crippen molar-refractivity contribution in [3.63, 3.8) is 0 Å². The summed E-state index contributed by atoms with van der Waals surface area (Å²) in [6, 6.07) is 17.2. The van der Waals surface area contributed by atoms with Crippen LogP contribution in [0.4, 0.5) is 0 Å². The van der Waals surface area contributed by atoms with Gasteiger partial charge in [-0.2, -0.15) is 0 Å². The highest BCUT2D eigenvalue weighted by Gasteiger charge is 2.07. The van der Waals surface area contributed by atoms with Gasteiger partial charge in [-0.15, -0.1) is 0 Å². The van der Waals surface area contributed by atoms with Crippen molar-refractivity contribution >= 4 is 17.5 Å². The van der Waals surface area contributed by atoms with E-state index in [0.29, 0.717) is 18.1 Å². The molecule has 0 N–H and O–H groups in total. The maximum atomic E-state index is 12.1. The number of hydrogen-bond acceptors (Lipinski definition) is 4. The van der Waals surface area contributed by atoms with Crippen LogP contribution in [0.5, 0.6) is 5.75 Å². The van der Waals surface area contributed by atoms with Crippen LogP contribution in [0, 0.1) is 0 Å². The summed E-state index contributed by atoms with van der Waals surface area (Å²) in [6.07, 6.45) is 0.942. The number of ketones is 1. The van der Waals surface area contributed by atoms with Gasteiger partial charge in [0, 0.05) is 10.5 Å². The number of rotatable bonds is 9. The molecule has 0 heterocycles. The predicted molar refractivity (Wildman–Crippen MR) is 89.7 cm³/mol. The third-order valence-electron chi connectivity index (χ3n) is 2.91. The summed E-state index contributed by atoms with van der Waals surface area (Å²) < 4.78 is 11.0. The van der Waals surface area contributed by atoms with Gasteiger partial charge < -0.3 is 9.47 Å². The lowest BCUT2D eigenvalue weighted by molar-refractivity contribution is 0.0831. The van der Waals surface area contributed by atoms with Gasteiger partial charge in [0.2, 0.25) is 0 Å². The highest BCUT2D eigenvalue weighted by molar-refractivity contribution is 7.99. The van der Waals surface area contributed by atoms with Gasteiger partial charge in [-0.1, -0.05) is 49.0 Å². The standard InChI is InChI=1S/C18H20O3S/c1-2-11-21-16-8-6-7-15(12-16)18(19)13-20-14-22-17-9-4-3-5-10-17/h3-10,12H,2,11,13-14H2,1H3. The Kier molecular flexibility index (Phi) is 7.00. The van der Waals surface area contributed by atoms with Gasteiger partial charge in [-0.3, -0.25) is 4.79 Å². The molecule has 3 nitrogen and oxygen atoms in total. The third kappa shape index (κ3) is 5.54. The van der Waals surface area contributed by atoms with E-state index in [9.17, 15) is 4.79 Å². The lowest BCUT2D eigenvalue weighted by Crippen LogP contribution is -2.09. The largest absolute Gasteiger partial charge is 0.494 e. The Morgan fingerprint density at radius 1 is 1.09 bits per heavy atom. The van der Waals surface area contributed by atoms with E-state index in [1.165, 1.54) is 0 Å². The molecule has 0 aliphatic heterocycles. The first-order valence-electron chi connectivity index (χ1n) is 7.31. The Hall–Kier alpha value is -1.78. The Balaban J connectivity index is 1.77. The molecule has 2 aromatic carbocycles. The minimum absolute atomic E-state index is 0.0318. The van der Waals surface area contributed by atoms with Crippen molar-refractivity contribution in [2.45, 2.75) is 18.2 Å². The molecule has 0 amide bonds. The molecule has 0 saturated carbocycles. The van der Waals surface area contributed by atoms with E-state index in [2.05, 4.69) is 0 Å². The van der Waals surface area contributed by atoms with E-state index in [0.717, 1.165) is 17.1 Å². The van der Waals surface area contributed by atoms with Crippen LogP contribution in [0.15, 0.2) is 59.5 Å². The monoisotopic (exact) mass is 316 g/mol. The molecule has 4 heteroatoms. The van der Waals surface area contributed by atoms with Crippen molar-refractivity contribution in [2.24, 2.45) is 0 Å². The highest BCUT2D eigenvalue weighted by atomic mass is 32.2. The van der Waals surface area contributed by atoms with E-state index >= 15 is 0 Å². The van der Waals surface area contributed by atoms with Crippen LogP contribution in [0.2, 0.25) is 0 Å². The average molecular weight is 316 g/mol. The zero-order chi connectivity index (χ0) is 15.6. The molecule has 0 unspecified atom stereocenters. The fourth-order valence-corrected chi connectivity index (χ4v) is 2.48. The molecule has 0 aliphatic carbocycles. The minimum atomic E-state index is -0.0318. The van der Waals surface area contributed by atoms with Crippen LogP contribution in [-0.2, 0) is 4.74 Å². The normalized spacial score (nSPS) is 10.4. The first-order chi connectivity index (χ1) is 10.8. The van der Waals surface area contributed by atoms with Crippen LogP contribution in [0.1, 0.15) is 23.7 Å². The van der Waals surface area contributed by atoms with Crippen LogP contribution in [-0.4, -0.2) is 24.9 Å². The molecule has 0 spiro atoms. The quantitative estimate of drug-likeness (QED) is 0.297. The topological polar surface area (TPSA) is 35.5 Å². The van der Waals surface area contributed by atoms with E-state index < -0.39 is 0 Å². The number of thioether (sulfide) groups is 1. The van der Waals surface area contributed by atoms with Crippen LogP contribution < -0.4 is 4.74 Å². The fourth-order valence-electron chi connectivity index (χ4n) is 1.82. The van der Waals surface area contributed by atoms with E-state index in [1.54, 1.807) is 23.9 Å². The first-order valence-corrected chi connectivity index (χ1v) is 8.30. The summed E-state index contributed by atoms with van der Waals surface area (Å²) in [5, 5.41) is 0. The molecule has 0 aliphatic rings. The number of benzene rings is 2. The number of carbonyl (C=O) groups is 1. The Morgan fingerprint density at radius 2 is 1.91 bits per heavy atom. The van der Waals surface area contributed by atoms with Gasteiger partial charge in [0.25, 0.3) is 0 Å². The number of carbonyl (C=O) groups excluding carboxylic acids is 1. The second kappa shape index (κ2) is 9.28. The zero-order valence-corrected chi connectivity index (χ0v) is 13.5. The van der Waals surface area contributed by atoms with Gasteiger partial charge in [0.15, 0.2) is 5.78 Å². The molecule has 0 fully saturated rings. The smallest absolute Gasteiger partial charge is 0.188 e. The Labute approximate surface area is 135 Å². The van der Waals surface area contributed by atoms with Crippen molar-refractivity contribution in [1.82, 2.24) is 0 Å². The molecule has 0 bridgehead atoms. The van der Waals surface area contributed by atoms with Crippen molar-refractivity contribution in [2.75, 3.05) is 19.2 Å². The average Bonchev–Trinajstić information content (AvgIpc) is 2.58. The van der Waals surface area contributed by atoms with Crippen LogP contribution >= 0.6 is 11.8 Å². The summed E-state index contributed by atoms with van der Waals surface area (Å²) in [5.74, 6) is 1.16. The molecule has 0 aromatic heterocycles. The summed E-state index contributed by atoms with van der Waals surface area (Å²) in [7, 11) is 0. The maximum absolute atomic E-state index is 12.1. The number of ether oxygens (including phenoxy) is 2. The summed E-state index contributed by atoms with van der Waals surface area (Å²) in [4.78, 5) is 13.2. The molecule has 0 atom stereocenters. The molecule has 0 saturated heterocycles. The minimum Gasteiger partial charge on any atom is -0.494 e. The molecule has 2 aromatic rings. The summed E-state index contributed by atoms with van der Waals surface area (Å²) >= 11 is 1.57. The molecule has 2 rings (SSSR count). The van der Waals surface area contributed by atoms with E-state index in [1.807, 2.05) is 49.4 Å². The maximum Gasteiger partial charge on any atom is 0.188 e. The number of hydrogen-bond donors (Lipinski definition) is 0. The zero-order valence-electron chi connectivity index (χ0n) is 12.7. The van der Waals surface area contributed by atoms with Crippen molar-refractivity contribution in [3.8, 4) is 5.75 Å². The lowest BCUT2D eigenvalue weighted by Gasteiger charge is -2.07. The number of Topliss-reactive ketones (excluding diaryl/α,β-unsaturated/α-hetero) is 1. The van der Waals surface area contributed by atoms with Crippen molar-refractivity contribution < 1.29 is 14.3 Å². The van der Waals surface area contributed by atoms with Gasteiger partial charge in [0.1, 0.15) is 12.4 Å². The summed E-state index contributed by atoms with van der Waals surface area (Å²) in [6.45, 7) is 2.78. The lowest BCUT2D eigenvalue weighted by atomic mass is 10.1. The first kappa shape index (κ1) is 16.6. The Bertz CT molecular complexity index is 584. The van der Waals surface area contributed by atoms with Gasteiger partial charge in [-0.05, 0) is 30.7 Å². The Morgan fingerprint density at radius 3 is 2.68 bits per heavy atom. The molecular formula is C18H20O3S. The highest BCUT2D eigenvalue weighted by Crippen LogP contribution is 2.17. The second-order valence-electron chi connectivity index (χ2n) is 4.72. The van der Waals surface area contributed by atoms with E-state index in [4.69, 9.17) is 9.47 Å². The van der Waals surface area contributed by atoms with Crippen LogP contribution in [0.3, 0.4) is 0 Å². The van der Waals surface area contributed by atoms with E-state index in [-0.39, 0.29) is 12.4 Å². The van der Waals surface area contributed by atoms with Gasteiger partial charge in [0.05, 0.1) is 12.5 Å². The van der Waals surface area contributed by atoms with Gasteiger partial charge in [-0.25, -0.2) is 0 Å². The van der Waals surface area contributed by atoms with Crippen molar-refractivity contribution in [3.05, 3.63) is 60.2 Å². The van der Waals surface area contributed by atoms with Gasteiger partial charge >= 0.3 is 0 Å². The fraction of sp³-hybridized carbons (Fsp3) is 0.278. The third-order valence-corrected chi connectivity index (χ3v) is 3.80. The molecule has 0 radical (unpaired) electrons. The molecular weight excluding hydrogens is 296 g/mol. The SMILES string of the molecule is CCCOc1cccc(C(=O)COCSc2ccccc2)c1. The second-order valence-corrected chi connectivity index (χ2v) is 5.72. The molecule has 116 valence electrons. The summed E-state index contributed by atoms with van der Waals surface area (Å²) in [5.41, 5.74) is 0.623. The van der Waals surface area contributed by atoms with Crippen LogP contribution in [0.25, 0.3) is 0 Å².